The number of benzene rings is 1. The summed E-state index contributed by atoms with van der Waals surface area (Å²) in [5, 5.41) is 0. The fraction of sp³-hybridized carbons (Fsp3) is 0.579. The molecule has 0 aliphatic carbocycles. The maximum Gasteiger partial charge on any atom is 0.310 e. The highest BCUT2D eigenvalue weighted by molar-refractivity contribution is 5.78. The minimum absolute atomic E-state index is 0.0948. The minimum Gasteiger partial charge on any atom is -0.493 e. The lowest BCUT2D eigenvalue weighted by atomic mass is 9.98. The van der Waals surface area contributed by atoms with Crippen molar-refractivity contribution in [3.8, 4) is 5.75 Å². The lowest BCUT2D eigenvalue weighted by molar-refractivity contribution is -0.151. The van der Waals surface area contributed by atoms with E-state index in [9.17, 15) is 9.59 Å². The second kappa shape index (κ2) is 9.30. The third-order valence-corrected chi connectivity index (χ3v) is 4.28. The zero-order valence-corrected chi connectivity index (χ0v) is 14.6. The molecule has 24 heavy (non-hydrogen) atoms. The van der Waals surface area contributed by atoms with Gasteiger partial charge in [0.05, 0.1) is 19.1 Å². The molecule has 1 aliphatic heterocycles. The van der Waals surface area contributed by atoms with Crippen molar-refractivity contribution >= 4 is 11.9 Å². The van der Waals surface area contributed by atoms with Crippen molar-refractivity contribution in [3.05, 3.63) is 29.8 Å². The average Bonchev–Trinajstić information content (AvgIpc) is 2.60. The average molecular weight is 333 g/mol. The van der Waals surface area contributed by atoms with Crippen molar-refractivity contribution in [2.75, 3.05) is 26.3 Å². The lowest BCUT2D eigenvalue weighted by Crippen LogP contribution is -2.42. The Kier molecular flexibility index (Phi) is 7.09. The van der Waals surface area contributed by atoms with Gasteiger partial charge in [-0.25, -0.2) is 0 Å². The van der Waals surface area contributed by atoms with E-state index in [4.69, 9.17) is 9.47 Å². The summed E-state index contributed by atoms with van der Waals surface area (Å²) in [5.41, 5.74) is 1.09. The number of likely N-dealkylation sites (tertiary alicyclic amines) is 1. The van der Waals surface area contributed by atoms with Crippen LogP contribution in [0.25, 0.3) is 0 Å². The number of nitrogens with zero attached hydrogens (tertiary/aromatic N) is 1. The van der Waals surface area contributed by atoms with Gasteiger partial charge in [0, 0.05) is 19.5 Å². The van der Waals surface area contributed by atoms with E-state index in [-0.39, 0.29) is 17.8 Å². The number of esters is 1. The molecule has 0 spiro atoms. The van der Waals surface area contributed by atoms with Crippen LogP contribution < -0.4 is 4.74 Å². The Morgan fingerprint density at radius 1 is 1.29 bits per heavy atom. The number of amides is 1. The summed E-state index contributed by atoms with van der Waals surface area (Å²) in [6, 6.07) is 7.86. The van der Waals surface area contributed by atoms with Crippen molar-refractivity contribution in [2.45, 2.75) is 39.5 Å². The van der Waals surface area contributed by atoms with Crippen LogP contribution in [0.2, 0.25) is 0 Å². The van der Waals surface area contributed by atoms with Gasteiger partial charge in [0.25, 0.3) is 0 Å². The molecule has 1 unspecified atom stereocenters. The normalized spacial score (nSPS) is 17.4. The third kappa shape index (κ3) is 5.25. The van der Waals surface area contributed by atoms with Crippen LogP contribution in [-0.2, 0) is 14.3 Å². The second-order valence-corrected chi connectivity index (χ2v) is 6.15. The Balaban J connectivity index is 1.72. The zero-order chi connectivity index (χ0) is 17.4. The van der Waals surface area contributed by atoms with Crippen molar-refractivity contribution in [2.24, 2.45) is 5.92 Å². The molecule has 1 aliphatic rings. The van der Waals surface area contributed by atoms with Crippen molar-refractivity contribution in [1.82, 2.24) is 4.90 Å². The summed E-state index contributed by atoms with van der Waals surface area (Å²) in [4.78, 5) is 25.9. The van der Waals surface area contributed by atoms with Crippen LogP contribution >= 0.6 is 0 Å². The number of piperidine rings is 1. The van der Waals surface area contributed by atoms with Crippen LogP contribution in [-0.4, -0.2) is 43.1 Å². The predicted octanol–water partition coefficient (Wildman–Crippen LogP) is 2.96. The molecule has 1 aromatic rings. The quantitative estimate of drug-likeness (QED) is 0.569. The fourth-order valence-corrected chi connectivity index (χ4v) is 2.94. The second-order valence-electron chi connectivity index (χ2n) is 6.15. The van der Waals surface area contributed by atoms with E-state index >= 15 is 0 Å². The van der Waals surface area contributed by atoms with Crippen LogP contribution in [0.1, 0.15) is 38.2 Å². The maximum atomic E-state index is 12.3. The van der Waals surface area contributed by atoms with E-state index in [1.165, 1.54) is 0 Å². The number of hydrogen-bond acceptors (Lipinski definition) is 4. The molecular formula is C19H27NO4. The van der Waals surface area contributed by atoms with E-state index in [0.29, 0.717) is 32.6 Å². The van der Waals surface area contributed by atoms with Crippen molar-refractivity contribution < 1.29 is 19.1 Å². The summed E-state index contributed by atoms with van der Waals surface area (Å²) < 4.78 is 10.8. The fourth-order valence-electron chi connectivity index (χ4n) is 2.94. The van der Waals surface area contributed by atoms with Crippen molar-refractivity contribution in [3.63, 3.8) is 0 Å². The molecule has 1 heterocycles. The molecule has 1 aromatic carbocycles. The first-order chi connectivity index (χ1) is 11.6. The Morgan fingerprint density at radius 2 is 2.08 bits per heavy atom. The van der Waals surface area contributed by atoms with Crippen LogP contribution in [0.4, 0.5) is 0 Å². The maximum absolute atomic E-state index is 12.3. The summed E-state index contributed by atoms with van der Waals surface area (Å²) >= 11 is 0. The molecule has 1 amide bonds. The van der Waals surface area contributed by atoms with Crippen LogP contribution in [0, 0.1) is 12.8 Å². The summed E-state index contributed by atoms with van der Waals surface area (Å²) in [5.74, 6) is 0.603. The van der Waals surface area contributed by atoms with Crippen molar-refractivity contribution in [1.29, 1.82) is 0 Å². The van der Waals surface area contributed by atoms with Gasteiger partial charge >= 0.3 is 5.97 Å². The number of aryl methyl sites for hydroxylation is 1. The summed E-state index contributed by atoms with van der Waals surface area (Å²) in [6.07, 6.45) is 2.78. The third-order valence-electron chi connectivity index (χ3n) is 4.28. The molecule has 5 heteroatoms. The highest BCUT2D eigenvalue weighted by atomic mass is 16.5. The molecule has 1 saturated heterocycles. The Morgan fingerprint density at radius 3 is 2.83 bits per heavy atom. The zero-order valence-electron chi connectivity index (χ0n) is 14.6. The van der Waals surface area contributed by atoms with Crippen LogP contribution in [0.3, 0.4) is 0 Å². The number of carbonyl (C=O) groups excluding carboxylic acids is 2. The van der Waals surface area contributed by atoms with Gasteiger partial charge < -0.3 is 14.4 Å². The molecule has 2 rings (SSSR count). The number of ether oxygens (including phenoxy) is 2. The van der Waals surface area contributed by atoms with E-state index in [1.54, 1.807) is 11.8 Å². The number of para-hydroxylation sites is 1. The summed E-state index contributed by atoms with van der Waals surface area (Å²) in [6.45, 7) is 5.93. The Bertz CT molecular complexity index is 558. The highest BCUT2D eigenvalue weighted by Gasteiger charge is 2.28. The van der Waals surface area contributed by atoms with E-state index in [1.807, 2.05) is 31.2 Å². The first-order valence-corrected chi connectivity index (χ1v) is 8.74. The Labute approximate surface area is 143 Å². The van der Waals surface area contributed by atoms with Gasteiger partial charge in [-0.3, -0.25) is 9.59 Å². The molecule has 1 fully saturated rings. The Hall–Kier alpha value is -2.04. The molecule has 0 radical (unpaired) electrons. The molecule has 5 nitrogen and oxygen atoms in total. The first-order valence-electron chi connectivity index (χ1n) is 8.74. The molecule has 0 bridgehead atoms. The van der Waals surface area contributed by atoms with Gasteiger partial charge in [-0.2, -0.15) is 0 Å². The van der Waals surface area contributed by atoms with Crippen LogP contribution in [0.15, 0.2) is 24.3 Å². The van der Waals surface area contributed by atoms with Gasteiger partial charge in [-0.15, -0.1) is 0 Å². The van der Waals surface area contributed by atoms with Gasteiger partial charge in [-0.1, -0.05) is 18.2 Å². The molecular weight excluding hydrogens is 306 g/mol. The van der Waals surface area contributed by atoms with Gasteiger partial charge in [0.2, 0.25) is 5.91 Å². The lowest BCUT2D eigenvalue weighted by Gasteiger charge is -2.31. The number of rotatable bonds is 7. The molecule has 0 N–H and O–H groups in total. The predicted molar refractivity (Wildman–Crippen MR) is 91.8 cm³/mol. The topological polar surface area (TPSA) is 55.8 Å². The molecule has 1 atom stereocenters. The van der Waals surface area contributed by atoms with E-state index < -0.39 is 0 Å². The monoisotopic (exact) mass is 333 g/mol. The summed E-state index contributed by atoms with van der Waals surface area (Å²) in [7, 11) is 0. The molecule has 132 valence electrons. The van der Waals surface area contributed by atoms with Crippen LogP contribution in [0.5, 0.6) is 5.75 Å². The highest BCUT2D eigenvalue weighted by Crippen LogP contribution is 2.19. The van der Waals surface area contributed by atoms with Gasteiger partial charge in [0.15, 0.2) is 0 Å². The van der Waals surface area contributed by atoms with E-state index in [2.05, 4.69) is 0 Å². The SMILES string of the molecule is CCOC(=O)C1CCCN(C(=O)CCCOc2ccccc2C)C1. The van der Waals surface area contributed by atoms with E-state index in [0.717, 1.165) is 30.7 Å². The van der Waals surface area contributed by atoms with Gasteiger partial charge in [0.1, 0.15) is 5.75 Å². The number of carbonyl (C=O) groups is 2. The standard InChI is InChI=1S/C19H27NO4/c1-3-23-19(22)16-9-6-12-20(14-16)18(21)11-7-13-24-17-10-5-4-8-15(17)2/h4-5,8,10,16H,3,6-7,9,11-14H2,1-2H3. The minimum atomic E-state index is -0.183. The molecule has 0 aromatic heterocycles. The van der Waals surface area contributed by atoms with Gasteiger partial charge in [-0.05, 0) is 44.7 Å². The molecule has 0 saturated carbocycles. The number of hydrogen-bond donors (Lipinski definition) is 0. The smallest absolute Gasteiger partial charge is 0.310 e. The largest absolute Gasteiger partial charge is 0.493 e. The first kappa shape index (κ1) is 18.3.